The Labute approximate surface area is 264 Å². The lowest BCUT2D eigenvalue weighted by molar-refractivity contribution is -0.137. The van der Waals surface area contributed by atoms with Crippen LogP contribution in [0.25, 0.3) is 0 Å². The summed E-state index contributed by atoms with van der Waals surface area (Å²) in [6.45, 7) is 5.25. The number of amidine groups is 1. The van der Waals surface area contributed by atoms with Crippen molar-refractivity contribution in [2.75, 3.05) is 16.3 Å². The number of carbonyl (C=O) groups excluding carboxylic acids is 1. The number of hydrogen-bond acceptors (Lipinski definition) is 7. The lowest BCUT2D eigenvalue weighted by Gasteiger charge is -2.46. The Morgan fingerprint density at radius 3 is 2.22 bits per heavy atom. The SMILES string of the molecule is CC1C2C([C@H]3[C@@H](C)C(O)=C(C4=NS(=O)(=O)c5cc(NS(C)(=O)=O)ccc5N4)C(=O)N3Cc3ccc(F)cc3)C3C(C)C3C(F)(F)C12. The Morgan fingerprint density at radius 1 is 1.02 bits per heavy atom. The zero-order chi connectivity index (χ0) is 33.2. The van der Waals surface area contributed by atoms with Crippen LogP contribution in [-0.2, 0) is 31.4 Å². The molecule has 46 heavy (non-hydrogen) atoms. The molecule has 3 saturated carbocycles. The van der Waals surface area contributed by atoms with Gasteiger partial charge < -0.3 is 15.3 Å². The van der Waals surface area contributed by atoms with Crippen molar-refractivity contribution in [1.29, 1.82) is 0 Å². The molecule has 15 heteroatoms. The molecule has 0 aromatic heterocycles. The summed E-state index contributed by atoms with van der Waals surface area (Å²) in [5, 5.41) is 14.5. The molecule has 10 nitrogen and oxygen atoms in total. The van der Waals surface area contributed by atoms with Crippen LogP contribution in [0.3, 0.4) is 0 Å². The summed E-state index contributed by atoms with van der Waals surface area (Å²) in [4.78, 5) is 15.6. The highest BCUT2D eigenvalue weighted by molar-refractivity contribution is 7.92. The highest BCUT2D eigenvalue weighted by atomic mass is 32.2. The third kappa shape index (κ3) is 4.71. The summed E-state index contributed by atoms with van der Waals surface area (Å²) in [5.74, 6) is -8.86. The van der Waals surface area contributed by atoms with Gasteiger partial charge >= 0.3 is 0 Å². The molecule has 0 radical (unpaired) electrons. The molecule has 1 amide bonds. The predicted molar refractivity (Wildman–Crippen MR) is 163 cm³/mol. The number of benzene rings is 2. The number of carbonyl (C=O) groups is 1. The monoisotopic (exact) mass is 678 g/mol. The van der Waals surface area contributed by atoms with Crippen LogP contribution in [0.4, 0.5) is 24.5 Å². The molecule has 7 rings (SSSR count). The fourth-order valence-corrected chi connectivity index (χ4v) is 10.3. The van der Waals surface area contributed by atoms with Gasteiger partial charge in [-0.05, 0) is 65.5 Å². The van der Waals surface area contributed by atoms with Gasteiger partial charge in [-0.1, -0.05) is 32.9 Å². The van der Waals surface area contributed by atoms with Gasteiger partial charge in [-0.3, -0.25) is 9.52 Å². The molecule has 2 heterocycles. The zero-order valence-corrected chi connectivity index (χ0v) is 26.9. The van der Waals surface area contributed by atoms with E-state index in [2.05, 4.69) is 14.4 Å². The standard InChI is InChI=1S/C31H33F3N4O6S2/c1-13-21-23(22-14(2)26(22)31(33,34)25(13)21)27-15(3)28(39)24(30(40)38(27)12-16-5-7-17(32)8-6-16)29-35-19-10-9-18(36-45(4,41)42)11-20(19)46(43,44)37-29/h5-11,13-15,21-23,25-27,36,39H,12H2,1-4H3,(H,35,37)/t13?,14?,15-,21?,22?,23?,25?,26?,27-/m1/s1. The van der Waals surface area contributed by atoms with E-state index in [1.165, 1.54) is 41.3 Å². The molecule has 0 saturated heterocycles. The van der Waals surface area contributed by atoms with Gasteiger partial charge in [0.25, 0.3) is 21.9 Å². The Balaban J connectivity index is 1.30. The van der Waals surface area contributed by atoms with Crippen LogP contribution in [0, 0.1) is 53.2 Å². The maximum Gasteiger partial charge on any atom is 0.286 e. The van der Waals surface area contributed by atoms with Gasteiger partial charge in [0.15, 0.2) is 5.84 Å². The summed E-state index contributed by atoms with van der Waals surface area (Å²) in [7, 11) is -8.19. The molecule has 3 N–H and O–H groups in total. The van der Waals surface area contributed by atoms with Crippen LogP contribution in [0.15, 0.2) is 63.1 Å². The fourth-order valence-electron chi connectivity index (χ4n) is 8.64. The van der Waals surface area contributed by atoms with E-state index in [1.807, 2.05) is 0 Å². The summed E-state index contributed by atoms with van der Waals surface area (Å²) >= 11 is 0. The van der Waals surface area contributed by atoms with E-state index in [-0.39, 0.29) is 58.0 Å². The van der Waals surface area contributed by atoms with E-state index in [0.29, 0.717) is 5.56 Å². The summed E-state index contributed by atoms with van der Waals surface area (Å²) in [6, 6.07) is 8.58. The summed E-state index contributed by atoms with van der Waals surface area (Å²) < 4.78 is 101. The number of nitrogens with one attached hydrogen (secondary N) is 2. The molecule has 2 aliphatic heterocycles. The molecule has 8 atom stereocenters. The Kier molecular flexibility index (Phi) is 6.72. The second kappa shape index (κ2) is 9.96. The third-order valence-corrected chi connectivity index (χ3v) is 12.6. The van der Waals surface area contributed by atoms with Crippen molar-refractivity contribution in [3.05, 3.63) is 65.2 Å². The number of hydrogen-bond donors (Lipinski definition) is 3. The van der Waals surface area contributed by atoms with Crippen molar-refractivity contribution in [3.8, 4) is 0 Å². The lowest BCUT2D eigenvalue weighted by atomic mass is 9.73. The van der Waals surface area contributed by atoms with Crippen LogP contribution in [-0.4, -0.2) is 56.8 Å². The Hall–Kier alpha value is -3.59. The number of sulfonamides is 2. The second-order valence-electron chi connectivity index (χ2n) is 13.4. The Bertz CT molecular complexity index is 1930. The molecule has 3 aliphatic carbocycles. The van der Waals surface area contributed by atoms with Crippen LogP contribution in [0.1, 0.15) is 26.3 Å². The molecule has 2 aromatic carbocycles. The first-order chi connectivity index (χ1) is 21.4. The van der Waals surface area contributed by atoms with Crippen LogP contribution in [0.5, 0.6) is 0 Å². The number of alkyl halides is 2. The van der Waals surface area contributed by atoms with Crippen LogP contribution in [0.2, 0.25) is 0 Å². The van der Waals surface area contributed by atoms with Crippen molar-refractivity contribution in [3.63, 3.8) is 0 Å². The average molecular weight is 679 g/mol. The number of aliphatic hydroxyl groups excluding tert-OH is 1. The lowest BCUT2D eigenvalue weighted by Crippen LogP contribution is -2.56. The molecule has 246 valence electrons. The number of aliphatic hydroxyl groups is 1. The molecule has 5 aliphatic rings. The van der Waals surface area contributed by atoms with Gasteiger partial charge in [-0.25, -0.2) is 21.6 Å². The van der Waals surface area contributed by atoms with Crippen molar-refractivity contribution in [2.45, 2.75) is 44.2 Å². The van der Waals surface area contributed by atoms with E-state index in [0.717, 1.165) is 12.3 Å². The van der Waals surface area contributed by atoms with E-state index in [9.17, 15) is 31.1 Å². The molecule has 0 bridgehead atoms. The second-order valence-corrected chi connectivity index (χ2v) is 16.7. The molecule has 3 fully saturated rings. The van der Waals surface area contributed by atoms with E-state index in [4.69, 9.17) is 0 Å². The molecule has 2 aromatic rings. The average Bonchev–Trinajstić information content (AvgIpc) is 3.84. The summed E-state index contributed by atoms with van der Waals surface area (Å²) in [6.07, 6.45) is 0.915. The largest absolute Gasteiger partial charge is 0.511 e. The van der Waals surface area contributed by atoms with Gasteiger partial charge in [0.1, 0.15) is 22.0 Å². The van der Waals surface area contributed by atoms with E-state index >= 15 is 8.78 Å². The number of nitrogens with zero attached hydrogens (tertiary/aromatic N) is 2. The fraction of sp³-hybridized carbons (Fsp3) is 0.484. The van der Waals surface area contributed by atoms with Gasteiger partial charge in [-0.2, -0.15) is 8.42 Å². The van der Waals surface area contributed by atoms with E-state index < -0.39 is 73.1 Å². The van der Waals surface area contributed by atoms with Crippen molar-refractivity contribution < 1.29 is 39.9 Å². The summed E-state index contributed by atoms with van der Waals surface area (Å²) in [5.41, 5.74) is 0.189. The van der Waals surface area contributed by atoms with E-state index in [1.54, 1.807) is 20.8 Å². The first-order valence-corrected chi connectivity index (χ1v) is 18.4. The number of anilines is 2. The quantitative estimate of drug-likeness (QED) is 0.405. The van der Waals surface area contributed by atoms with Gasteiger partial charge in [-0.15, -0.1) is 4.40 Å². The van der Waals surface area contributed by atoms with Gasteiger partial charge in [0, 0.05) is 36.0 Å². The number of halogens is 3. The highest BCUT2D eigenvalue weighted by Crippen LogP contribution is 2.77. The normalized spacial score (nSPS) is 35.3. The predicted octanol–water partition coefficient (Wildman–Crippen LogP) is 4.60. The minimum atomic E-state index is -4.48. The zero-order valence-electron chi connectivity index (χ0n) is 25.3. The first kappa shape index (κ1) is 31.0. The minimum absolute atomic E-state index is 0.0100. The maximum absolute atomic E-state index is 15.4. The Morgan fingerprint density at radius 2 is 1.63 bits per heavy atom. The van der Waals surface area contributed by atoms with Crippen molar-refractivity contribution in [2.24, 2.45) is 51.7 Å². The molecule has 0 spiro atoms. The number of rotatable bonds is 6. The molecule has 6 unspecified atom stereocenters. The number of fused-ring (bicyclic) bond motifs is 3. The third-order valence-electron chi connectivity index (χ3n) is 10.6. The molecular weight excluding hydrogens is 645 g/mol. The van der Waals surface area contributed by atoms with Crippen molar-refractivity contribution in [1.82, 2.24) is 4.90 Å². The van der Waals surface area contributed by atoms with Gasteiger partial charge in [0.05, 0.1) is 11.9 Å². The highest BCUT2D eigenvalue weighted by Gasteiger charge is 2.81. The van der Waals surface area contributed by atoms with Crippen LogP contribution >= 0.6 is 0 Å². The van der Waals surface area contributed by atoms with Gasteiger partial charge in [0.2, 0.25) is 10.0 Å². The maximum atomic E-state index is 15.4. The smallest absolute Gasteiger partial charge is 0.286 e. The topological polar surface area (TPSA) is 145 Å². The number of amides is 1. The van der Waals surface area contributed by atoms with Crippen molar-refractivity contribution >= 4 is 43.2 Å². The minimum Gasteiger partial charge on any atom is -0.511 e. The van der Waals surface area contributed by atoms with Crippen LogP contribution < -0.4 is 10.0 Å². The molecular formula is C31H33F3N4O6S2. The first-order valence-electron chi connectivity index (χ1n) is 15.0.